The molecule has 1 N–H and O–H groups in total. The summed E-state index contributed by atoms with van der Waals surface area (Å²) in [6, 6.07) is 6.72. The molecule has 0 fully saturated rings. The molecule has 0 spiro atoms. The summed E-state index contributed by atoms with van der Waals surface area (Å²) in [5.41, 5.74) is 1.94. The maximum atomic E-state index is 11.9. The Bertz CT molecular complexity index is 491. The molecular formula is C13H19NO3S. The summed E-state index contributed by atoms with van der Waals surface area (Å²) in [7, 11) is -3.43. The van der Waals surface area contributed by atoms with Crippen molar-refractivity contribution in [2.75, 3.05) is 19.8 Å². The van der Waals surface area contributed by atoms with Gasteiger partial charge in [-0.3, -0.25) is 0 Å². The zero-order chi connectivity index (χ0) is 13.6. The molecule has 1 rings (SSSR count). The van der Waals surface area contributed by atoms with E-state index in [0.29, 0.717) is 13.2 Å². The first-order chi connectivity index (χ1) is 8.42. The first kappa shape index (κ1) is 14.9. The van der Waals surface area contributed by atoms with Gasteiger partial charge in [0.1, 0.15) is 0 Å². The van der Waals surface area contributed by atoms with Crippen molar-refractivity contribution in [2.45, 2.75) is 18.7 Å². The fraction of sp³-hybridized carbons (Fsp3) is 0.385. The highest BCUT2D eigenvalue weighted by atomic mass is 32.2. The summed E-state index contributed by atoms with van der Waals surface area (Å²) >= 11 is 0. The van der Waals surface area contributed by atoms with E-state index in [2.05, 4.69) is 11.3 Å². The molecule has 18 heavy (non-hydrogen) atoms. The Morgan fingerprint density at radius 1 is 1.33 bits per heavy atom. The van der Waals surface area contributed by atoms with Gasteiger partial charge in [-0.15, -0.1) is 0 Å². The van der Waals surface area contributed by atoms with Gasteiger partial charge in [0.2, 0.25) is 10.0 Å². The first-order valence-electron chi connectivity index (χ1n) is 5.70. The van der Waals surface area contributed by atoms with Crippen LogP contribution in [0.2, 0.25) is 0 Å². The molecule has 0 aliphatic heterocycles. The van der Waals surface area contributed by atoms with Crippen LogP contribution in [-0.4, -0.2) is 28.2 Å². The van der Waals surface area contributed by atoms with Crippen molar-refractivity contribution in [1.29, 1.82) is 0 Å². The maximum absolute atomic E-state index is 11.9. The molecule has 0 saturated carbocycles. The molecule has 0 aliphatic rings. The van der Waals surface area contributed by atoms with Crippen LogP contribution >= 0.6 is 0 Å². The van der Waals surface area contributed by atoms with Gasteiger partial charge in [-0.25, -0.2) is 13.1 Å². The van der Waals surface area contributed by atoms with Crippen molar-refractivity contribution in [3.05, 3.63) is 42.0 Å². The van der Waals surface area contributed by atoms with Crippen molar-refractivity contribution in [1.82, 2.24) is 4.72 Å². The molecule has 0 unspecified atom stereocenters. The number of ether oxygens (including phenoxy) is 1. The predicted molar refractivity (Wildman–Crippen MR) is 72.0 cm³/mol. The third-order valence-corrected chi connectivity index (χ3v) is 3.70. The third kappa shape index (κ3) is 5.00. The fourth-order valence-electron chi connectivity index (χ4n) is 1.30. The molecule has 1 aromatic rings. The fourth-order valence-corrected chi connectivity index (χ4v) is 2.31. The normalized spacial score (nSPS) is 11.4. The molecule has 0 bridgehead atoms. The lowest BCUT2D eigenvalue weighted by Gasteiger charge is -2.07. The molecule has 4 nitrogen and oxygen atoms in total. The van der Waals surface area contributed by atoms with Gasteiger partial charge in [0.05, 0.1) is 18.1 Å². The van der Waals surface area contributed by atoms with E-state index in [9.17, 15) is 8.42 Å². The van der Waals surface area contributed by atoms with Crippen LogP contribution in [0.4, 0.5) is 0 Å². The summed E-state index contributed by atoms with van der Waals surface area (Å²) < 4.78 is 31.4. The molecule has 1 aromatic carbocycles. The highest BCUT2D eigenvalue weighted by Crippen LogP contribution is 2.09. The minimum atomic E-state index is -3.43. The van der Waals surface area contributed by atoms with E-state index in [1.807, 2.05) is 13.8 Å². The zero-order valence-corrected chi connectivity index (χ0v) is 11.6. The van der Waals surface area contributed by atoms with Crippen LogP contribution in [0.3, 0.4) is 0 Å². The van der Waals surface area contributed by atoms with Crippen LogP contribution in [0.25, 0.3) is 0 Å². The molecule has 0 aromatic heterocycles. The van der Waals surface area contributed by atoms with Crippen LogP contribution in [0.5, 0.6) is 0 Å². The number of benzene rings is 1. The molecule has 0 atom stereocenters. The topological polar surface area (TPSA) is 55.4 Å². The minimum absolute atomic E-state index is 0.253. The Kier molecular flexibility index (Phi) is 5.53. The highest BCUT2D eigenvalue weighted by molar-refractivity contribution is 7.89. The monoisotopic (exact) mass is 269 g/mol. The molecule has 0 aliphatic carbocycles. The van der Waals surface area contributed by atoms with Gasteiger partial charge in [-0.1, -0.05) is 29.8 Å². The van der Waals surface area contributed by atoms with Gasteiger partial charge >= 0.3 is 0 Å². The Labute approximate surface area is 109 Å². The van der Waals surface area contributed by atoms with Gasteiger partial charge in [-0.2, -0.15) is 0 Å². The smallest absolute Gasteiger partial charge is 0.240 e. The number of sulfonamides is 1. The highest BCUT2D eigenvalue weighted by Gasteiger charge is 2.12. The van der Waals surface area contributed by atoms with E-state index in [4.69, 9.17) is 4.74 Å². The second-order valence-corrected chi connectivity index (χ2v) is 5.99. The average Bonchev–Trinajstić information content (AvgIpc) is 2.28. The van der Waals surface area contributed by atoms with E-state index in [0.717, 1.165) is 11.1 Å². The standard InChI is InChI=1S/C13H19NO3S/c1-11(2)10-17-9-8-14-18(15,16)13-6-4-12(3)5-7-13/h4-7,14H,1,8-10H2,2-3H3. The molecular weight excluding hydrogens is 250 g/mol. The van der Waals surface area contributed by atoms with Crippen molar-refractivity contribution in [3.63, 3.8) is 0 Å². The van der Waals surface area contributed by atoms with Crippen LogP contribution in [0.1, 0.15) is 12.5 Å². The van der Waals surface area contributed by atoms with E-state index in [-0.39, 0.29) is 11.4 Å². The van der Waals surface area contributed by atoms with E-state index < -0.39 is 10.0 Å². The second-order valence-electron chi connectivity index (χ2n) is 4.22. The van der Waals surface area contributed by atoms with E-state index in [1.165, 1.54) is 0 Å². The zero-order valence-electron chi connectivity index (χ0n) is 10.8. The summed E-state index contributed by atoms with van der Waals surface area (Å²) in [4.78, 5) is 0.271. The Morgan fingerprint density at radius 3 is 2.50 bits per heavy atom. The van der Waals surface area contributed by atoms with Gasteiger partial charge in [0, 0.05) is 6.54 Å². The lowest BCUT2D eigenvalue weighted by molar-refractivity contribution is 0.162. The van der Waals surface area contributed by atoms with Crippen LogP contribution in [-0.2, 0) is 14.8 Å². The SMILES string of the molecule is C=C(C)COCCNS(=O)(=O)c1ccc(C)cc1. The van der Waals surface area contributed by atoms with Crippen molar-refractivity contribution >= 4 is 10.0 Å². The van der Waals surface area contributed by atoms with Gasteiger partial charge < -0.3 is 4.74 Å². The third-order valence-electron chi connectivity index (χ3n) is 2.22. The summed E-state index contributed by atoms with van der Waals surface area (Å²) in [6.45, 7) is 8.50. The molecule has 0 saturated heterocycles. The van der Waals surface area contributed by atoms with Crippen LogP contribution < -0.4 is 4.72 Å². The van der Waals surface area contributed by atoms with Crippen LogP contribution in [0, 0.1) is 6.92 Å². The first-order valence-corrected chi connectivity index (χ1v) is 7.18. The van der Waals surface area contributed by atoms with Crippen molar-refractivity contribution in [3.8, 4) is 0 Å². The Morgan fingerprint density at radius 2 is 1.94 bits per heavy atom. The quantitative estimate of drug-likeness (QED) is 0.607. The lowest BCUT2D eigenvalue weighted by Crippen LogP contribution is -2.27. The average molecular weight is 269 g/mol. The number of nitrogens with one attached hydrogen (secondary N) is 1. The molecule has 0 heterocycles. The van der Waals surface area contributed by atoms with E-state index >= 15 is 0 Å². The molecule has 100 valence electrons. The second kappa shape index (κ2) is 6.68. The van der Waals surface area contributed by atoms with Gasteiger partial charge in [-0.05, 0) is 26.0 Å². The van der Waals surface area contributed by atoms with E-state index in [1.54, 1.807) is 24.3 Å². The Balaban J connectivity index is 2.45. The summed E-state index contributed by atoms with van der Waals surface area (Å²) in [5.74, 6) is 0. The maximum Gasteiger partial charge on any atom is 0.240 e. The molecule has 5 heteroatoms. The number of hydrogen-bond acceptors (Lipinski definition) is 3. The predicted octanol–water partition coefficient (Wildman–Crippen LogP) is 1.87. The largest absolute Gasteiger partial charge is 0.376 e. The number of hydrogen-bond donors (Lipinski definition) is 1. The summed E-state index contributed by atoms with van der Waals surface area (Å²) in [6.07, 6.45) is 0. The number of rotatable bonds is 7. The van der Waals surface area contributed by atoms with Crippen molar-refractivity contribution < 1.29 is 13.2 Å². The lowest BCUT2D eigenvalue weighted by atomic mass is 10.2. The number of aryl methyl sites for hydroxylation is 1. The molecule has 0 radical (unpaired) electrons. The minimum Gasteiger partial charge on any atom is -0.376 e. The van der Waals surface area contributed by atoms with Gasteiger partial charge in [0.15, 0.2) is 0 Å². The van der Waals surface area contributed by atoms with Gasteiger partial charge in [0.25, 0.3) is 0 Å². The van der Waals surface area contributed by atoms with Crippen LogP contribution in [0.15, 0.2) is 41.3 Å². The molecule has 0 amide bonds. The Hall–Kier alpha value is -1.17. The van der Waals surface area contributed by atoms with Crippen molar-refractivity contribution in [2.24, 2.45) is 0 Å². The summed E-state index contributed by atoms with van der Waals surface area (Å²) in [5, 5.41) is 0.